The van der Waals surface area contributed by atoms with Crippen molar-refractivity contribution in [3.05, 3.63) is 36.0 Å². The number of hydrogen-bond acceptors (Lipinski definition) is 4. The number of benzene rings is 1. The van der Waals surface area contributed by atoms with E-state index < -0.39 is 11.6 Å². The zero-order valence-corrected chi connectivity index (χ0v) is 11.2. The van der Waals surface area contributed by atoms with Crippen LogP contribution < -0.4 is 10.1 Å². The highest BCUT2D eigenvalue weighted by Crippen LogP contribution is 2.30. The smallest absolute Gasteiger partial charge is 0.307 e. The van der Waals surface area contributed by atoms with Gasteiger partial charge in [0.2, 0.25) is 0 Å². The van der Waals surface area contributed by atoms with Gasteiger partial charge in [-0.25, -0.2) is 4.98 Å². The first-order valence-corrected chi connectivity index (χ1v) is 6.56. The Morgan fingerprint density at radius 3 is 2.85 bits per heavy atom. The fraction of sp³-hybridized carbons (Fsp3) is 0.333. The Bertz CT molecular complexity index is 665. The van der Waals surface area contributed by atoms with Crippen LogP contribution in [0, 0.1) is 6.92 Å². The van der Waals surface area contributed by atoms with E-state index in [1.165, 1.54) is 0 Å². The Morgan fingerprint density at radius 1 is 1.40 bits per heavy atom. The summed E-state index contributed by atoms with van der Waals surface area (Å²) in [6, 6.07) is 9.65. The zero-order chi connectivity index (χ0) is 14.2. The predicted molar refractivity (Wildman–Crippen MR) is 75.0 cm³/mol. The van der Waals surface area contributed by atoms with Gasteiger partial charge in [0.15, 0.2) is 0 Å². The van der Waals surface area contributed by atoms with Gasteiger partial charge < -0.3 is 15.2 Å². The topological polar surface area (TPSA) is 71.5 Å². The van der Waals surface area contributed by atoms with E-state index in [0.717, 1.165) is 16.6 Å². The standard InChI is InChI=1S/C15H16N2O3/c1-10-5-6-11-3-2-4-12(14(11)17-10)20-15(7-13(18)19)8-16-9-15/h2-6,16H,7-9H2,1H3,(H,18,19). The summed E-state index contributed by atoms with van der Waals surface area (Å²) >= 11 is 0. The Kier molecular flexibility index (Phi) is 3.06. The van der Waals surface area contributed by atoms with Gasteiger partial charge >= 0.3 is 5.97 Å². The van der Waals surface area contributed by atoms with E-state index in [-0.39, 0.29) is 6.42 Å². The van der Waals surface area contributed by atoms with Crippen molar-refractivity contribution in [2.24, 2.45) is 0 Å². The van der Waals surface area contributed by atoms with Crippen LogP contribution in [-0.2, 0) is 4.79 Å². The molecule has 0 radical (unpaired) electrons. The first kappa shape index (κ1) is 12.9. The second kappa shape index (κ2) is 4.76. The minimum Gasteiger partial charge on any atom is -0.482 e. The molecule has 1 saturated heterocycles. The van der Waals surface area contributed by atoms with Crippen LogP contribution in [0.4, 0.5) is 0 Å². The van der Waals surface area contributed by atoms with Crippen molar-refractivity contribution in [2.45, 2.75) is 18.9 Å². The SMILES string of the molecule is Cc1ccc2cccc(OC3(CC(=O)O)CNC3)c2n1. The van der Waals surface area contributed by atoms with E-state index in [9.17, 15) is 4.79 Å². The molecule has 1 aromatic carbocycles. The molecule has 0 aliphatic carbocycles. The number of aliphatic carboxylic acids is 1. The molecule has 2 heterocycles. The molecule has 1 aliphatic rings. The Balaban J connectivity index is 1.97. The van der Waals surface area contributed by atoms with Crippen molar-refractivity contribution < 1.29 is 14.6 Å². The summed E-state index contributed by atoms with van der Waals surface area (Å²) < 4.78 is 6.01. The Labute approximate surface area is 116 Å². The fourth-order valence-electron chi connectivity index (χ4n) is 2.45. The second-order valence-electron chi connectivity index (χ2n) is 5.24. The molecule has 0 saturated carbocycles. The van der Waals surface area contributed by atoms with Crippen molar-refractivity contribution in [2.75, 3.05) is 13.1 Å². The molecule has 1 aromatic heterocycles. The number of hydrogen-bond donors (Lipinski definition) is 2. The number of aryl methyl sites for hydroxylation is 1. The van der Waals surface area contributed by atoms with Crippen LogP contribution in [0.5, 0.6) is 5.75 Å². The normalized spacial score (nSPS) is 16.6. The summed E-state index contributed by atoms with van der Waals surface area (Å²) in [5, 5.41) is 13.1. The molecule has 5 nitrogen and oxygen atoms in total. The molecule has 0 unspecified atom stereocenters. The molecular weight excluding hydrogens is 256 g/mol. The Hall–Kier alpha value is -2.14. The van der Waals surface area contributed by atoms with Gasteiger partial charge in [0, 0.05) is 24.2 Å². The summed E-state index contributed by atoms with van der Waals surface area (Å²) in [6.07, 6.45) is -0.0117. The molecule has 104 valence electrons. The molecule has 2 N–H and O–H groups in total. The highest BCUT2D eigenvalue weighted by Gasteiger charge is 2.42. The number of carboxylic acids is 1. The number of carboxylic acid groups (broad SMARTS) is 1. The van der Waals surface area contributed by atoms with Gasteiger partial charge in [-0.15, -0.1) is 0 Å². The van der Waals surface area contributed by atoms with E-state index in [1.54, 1.807) is 0 Å². The number of fused-ring (bicyclic) bond motifs is 1. The molecule has 20 heavy (non-hydrogen) atoms. The fourth-order valence-corrected chi connectivity index (χ4v) is 2.45. The number of ether oxygens (including phenoxy) is 1. The first-order valence-electron chi connectivity index (χ1n) is 6.56. The second-order valence-corrected chi connectivity index (χ2v) is 5.24. The molecule has 1 fully saturated rings. The average molecular weight is 272 g/mol. The third-order valence-electron chi connectivity index (χ3n) is 3.52. The Morgan fingerprint density at radius 2 is 2.20 bits per heavy atom. The van der Waals surface area contributed by atoms with Crippen LogP contribution in [0.1, 0.15) is 12.1 Å². The maximum atomic E-state index is 11.0. The zero-order valence-electron chi connectivity index (χ0n) is 11.2. The lowest BCUT2D eigenvalue weighted by atomic mass is 9.92. The van der Waals surface area contributed by atoms with Gasteiger partial charge in [0.05, 0.1) is 6.42 Å². The predicted octanol–water partition coefficient (Wildman–Crippen LogP) is 1.74. The number of para-hydroxylation sites is 1. The molecule has 3 rings (SSSR count). The van der Waals surface area contributed by atoms with Crippen LogP contribution in [0.3, 0.4) is 0 Å². The van der Waals surface area contributed by atoms with Gasteiger partial charge in [-0.1, -0.05) is 18.2 Å². The molecule has 5 heteroatoms. The van der Waals surface area contributed by atoms with Crippen molar-refractivity contribution in [3.8, 4) is 5.75 Å². The minimum absolute atomic E-state index is 0.0117. The van der Waals surface area contributed by atoms with E-state index in [2.05, 4.69) is 10.3 Å². The highest BCUT2D eigenvalue weighted by atomic mass is 16.5. The number of aromatic nitrogens is 1. The summed E-state index contributed by atoms with van der Waals surface area (Å²) in [4.78, 5) is 15.5. The minimum atomic E-state index is -0.851. The lowest BCUT2D eigenvalue weighted by Crippen LogP contribution is -2.64. The lowest BCUT2D eigenvalue weighted by Gasteiger charge is -2.41. The van der Waals surface area contributed by atoms with Crippen LogP contribution in [0.25, 0.3) is 10.9 Å². The molecule has 1 aliphatic heterocycles. The number of carbonyl (C=O) groups is 1. The lowest BCUT2D eigenvalue weighted by molar-refractivity contribution is -0.143. The van der Waals surface area contributed by atoms with Gasteiger partial charge in [-0.05, 0) is 19.1 Å². The molecule has 0 atom stereocenters. The molecule has 0 bridgehead atoms. The number of nitrogens with zero attached hydrogens (tertiary/aromatic N) is 1. The van der Waals surface area contributed by atoms with E-state index >= 15 is 0 Å². The monoisotopic (exact) mass is 272 g/mol. The van der Waals surface area contributed by atoms with Gasteiger partial charge in [0.1, 0.15) is 16.9 Å². The number of nitrogens with one attached hydrogen (secondary N) is 1. The third-order valence-corrected chi connectivity index (χ3v) is 3.52. The van der Waals surface area contributed by atoms with Crippen molar-refractivity contribution in [1.82, 2.24) is 10.3 Å². The largest absolute Gasteiger partial charge is 0.482 e. The van der Waals surface area contributed by atoms with Crippen LogP contribution in [0.15, 0.2) is 30.3 Å². The van der Waals surface area contributed by atoms with Gasteiger partial charge in [0.25, 0.3) is 0 Å². The average Bonchev–Trinajstić information content (AvgIpc) is 2.36. The van der Waals surface area contributed by atoms with E-state index in [0.29, 0.717) is 18.8 Å². The van der Waals surface area contributed by atoms with E-state index in [1.807, 2.05) is 37.3 Å². The third kappa shape index (κ3) is 2.32. The van der Waals surface area contributed by atoms with Crippen molar-refractivity contribution in [1.29, 1.82) is 0 Å². The molecule has 2 aromatic rings. The van der Waals surface area contributed by atoms with Crippen molar-refractivity contribution >= 4 is 16.9 Å². The highest BCUT2D eigenvalue weighted by molar-refractivity contribution is 5.84. The summed E-state index contributed by atoms with van der Waals surface area (Å²) in [7, 11) is 0. The number of pyridine rings is 1. The number of rotatable bonds is 4. The summed E-state index contributed by atoms with van der Waals surface area (Å²) in [5.41, 5.74) is 1.03. The van der Waals surface area contributed by atoms with Crippen molar-refractivity contribution in [3.63, 3.8) is 0 Å². The van der Waals surface area contributed by atoms with Crippen LogP contribution in [0.2, 0.25) is 0 Å². The quantitative estimate of drug-likeness (QED) is 0.887. The summed E-state index contributed by atoms with van der Waals surface area (Å²) in [5.74, 6) is -0.204. The van der Waals surface area contributed by atoms with Gasteiger partial charge in [-0.3, -0.25) is 4.79 Å². The van der Waals surface area contributed by atoms with Crippen LogP contribution >= 0.6 is 0 Å². The van der Waals surface area contributed by atoms with Gasteiger partial charge in [-0.2, -0.15) is 0 Å². The maximum absolute atomic E-state index is 11.0. The summed E-state index contributed by atoms with van der Waals surface area (Å²) in [6.45, 7) is 3.01. The first-order chi connectivity index (χ1) is 9.58. The molecular formula is C15H16N2O3. The molecule has 0 spiro atoms. The van der Waals surface area contributed by atoms with E-state index in [4.69, 9.17) is 9.84 Å². The maximum Gasteiger partial charge on any atom is 0.307 e. The molecule has 0 amide bonds. The van der Waals surface area contributed by atoms with Crippen LogP contribution in [-0.4, -0.2) is 34.8 Å².